The molecule has 1 fully saturated rings. The zero-order valence-corrected chi connectivity index (χ0v) is 10.4. The molecule has 0 amide bonds. The lowest BCUT2D eigenvalue weighted by Gasteiger charge is -2.23. The van der Waals surface area contributed by atoms with E-state index in [4.69, 9.17) is 0 Å². The number of nitrogens with zero attached hydrogens (tertiary/aromatic N) is 2. The van der Waals surface area contributed by atoms with E-state index in [0.29, 0.717) is 12.1 Å². The Balaban J connectivity index is 1.89. The second kappa shape index (κ2) is 5.48. The molecule has 2 rings (SSSR count). The molecule has 0 radical (unpaired) electrons. The lowest BCUT2D eigenvalue weighted by molar-refractivity contribution is 0.364. The van der Waals surface area contributed by atoms with Crippen LogP contribution >= 0.6 is 0 Å². The van der Waals surface area contributed by atoms with Crippen molar-refractivity contribution in [3.05, 3.63) is 18.7 Å². The Hall–Kier alpha value is -0.830. The normalized spacial score (nSPS) is 27.1. The summed E-state index contributed by atoms with van der Waals surface area (Å²) in [4.78, 5) is 4.15. The Morgan fingerprint density at radius 3 is 3.06 bits per heavy atom. The summed E-state index contributed by atoms with van der Waals surface area (Å²) >= 11 is 0. The fourth-order valence-electron chi connectivity index (χ4n) is 2.50. The summed E-state index contributed by atoms with van der Waals surface area (Å²) in [6.45, 7) is 5.72. The maximum absolute atomic E-state index is 4.15. The van der Waals surface area contributed by atoms with Crippen LogP contribution in [0.25, 0.3) is 0 Å². The SMILES string of the molecule is CCC(C)CN[C@H]1CCC[C@H]1n1ccnc1. The summed E-state index contributed by atoms with van der Waals surface area (Å²) in [7, 11) is 0. The maximum Gasteiger partial charge on any atom is 0.0949 e. The van der Waals surface area contributed by atoms with Crippen LogP contribution in [0.5, 0.6) is 0 Å². The molecule has 16 heavy (non-hydrogen) atoms. The van der Waals surface area contributed by atoms with Crippen molar-refractivity contribution in [1.82, 2.24) is 14.9 Å². The molecule has 90 valence electrons. The Morgan fingerprint density at radius 2 is 2.38 bits per heavy atom. The van der Waals surface area contributed by atoms with Crippen LogP contribution in [0, 0.1) is 5.92 Å². The predicted molar refractivity (Wildman–Crippen MR) is 66.4 cm³/mol. The smallest absolute Gasteiger partial charge is 0.0949 e. The third-order valence-electron chi connectivity index (χ3n) is 3.81. The first kappa shape index (κ1) is 11.6. The molecule has 0 saturated heterocycles. The minimum Gasteiger partial charge on any atom is -0.333 e. The van der Waals surface area contributed by atoms with E-state index >= 15 is 0 Å². The van der Waals surface area contributed by atoms with Gasteiger partial charge < -0.3 is 9.88 Å². The van der Waals surface area contributed by atoms with Crippen LogP contribution in [0.1, 0.15) is 45.6 Å². The van der Waals surface area contributed by atoms with Crippen molar-refractivity contribution in [3.8, 4) is 0 Å². The Kier molecular flexibility index (Phi) is 3.99. The van der Waals surface area contributed by atoms with Gasteiger partial charge in [0, 0.05) is 24.5 Å². The molecule has 3 atom stereocenters. The fraction of sp³-hybridized carbons (Fsp3) is 0.769. The van der Waals surface area contributed by atoms with E-state index in [1.54, 1.807) is 0 Å². The summed E-state index contributed by atoms with van der Waals surface area (Å²) < 4.78 is 2.27. The average Bonchev–Trinajstić information content (AvgIpc) is 2.95. The van der Waals surface area contributed by atoms with Gasteiger partial charge in [-0.1, -0.05) is 20.3 Å². The summed E-state index contributed by atoms with van der Waals surface area (Å²) in [5, 5.41) is 3.72. The molecule has 3 heteroatoms. The molecule has 1 aliphatic carbocycles. The molecule has 0 aliphatic heterocycles. The third-order valence-corrected chi connectivity index (χ3v) is 3.81. The zero-order chi connectivity index (χ0) is 11.4. The number of nitrogens with one attached hydrogen (secondary N) is 1. The monoisotopic (exact) mass is 221 g/mol. The van der Waals surface area contributed by atoms with E-state index in [2.05, 4.69) is 34.9 Å². The minimum atomic E-state index is 0.617. The summed E-state index contributed by atoms with van der Waals surface area (Å²) in [5.41, 5.74) is 0. The van der Waals surface area contributed by atoms with Gasteiger partial charge >= 0.3 is 0 Å². The summed E-state index contributed by atoms with van der Waals surface area (Å²) in [5.74, 6) is 0.782. The van der Waals surface area contributed by atoms with Crippen LogP contribution < -0.4 is 5.32 Å². The first-order valence-corrected chi connectivity index (χ1v) is 6.52. The molecule has 0 spiro atoms. The summed E-state index contributed by atoms with van der Waals surface area (Å²) in [6.07, 6.45) is 11.1. The molecule has 1 aromatic heterocycles. The van der Waals surface area contributed by atoms with Gasteiger partial charge in [0.2, 0.25) is 0 Å². The molecule has 1 unspecified atom stereocenters. The van der Waals surface area contributed by atoms with Crippen molar-refractivity contribution < 1.29 is 0 Å². The molecule has 1 N–H and O–H groups in total. The highest BCUT2D eigenvalue weighted by Gasteiger charge is 2.27. The number of imidazole rings is 1. The van der Waals surface area contributed by atoms with Crippen molar-refractivity contribution in [2.45, 2.75) is 51.6 Å². The number of hydrogen-bond donors (Lipinski definition) is 1. The van der Waals surface area contributed by atoms with Gasteiger partial charge in [-0.2, -0.15) is 0 Å². The largest absolute Gasteiger partial charge is 0.333 e. The van der Waals surface area contributed by atoms with Gasteiger partial charge in [-0.15, -0.1) is 0 Å². The second-order valence-corrected chi connectivity index (χ2v) is 5.04. The maximum atomic E-state index is 4.15. The van der Waals surface area contributed by atoms with Crippen molar-refractivity contribution in [3.63, 3.8) is 0 Å². The van der Waals surface area contributed by atoms with Crippen molar-refractivity contribution in [2.24, 2.45) is 5.92 Å². The molecular formula is C13H23N3. The van der Waals surface area contributed by atoms with E-state index in [9.17, 15) is 0 Å². The highest BCUT2D eigenvalue weighted by atomic mass is 15.1. The van der Waals surface area contributed by atoms with Gasteiger partial charge in [0.25, 0.3) is 0 Å². The number of hydrogen-bond acceptors (Lipinski definition) is 2. The van der Waals surface area contributed by atoms with E-state index in [0.717, 1.165) is 12.5 Å². The first-order valence-electron chi connectivity index (χ1n) is 6.52. The highest BCUT2D eigenvalue weighted by Crippen LogP contribution is 2.29. The molecule has 1 aromatic rings. The van der Waals surface area contributed by atoms with Gasteiger partial charge in [-0.25, -0.2) is 4.98 Å². The Bertz CT molecular complexity index is 294. The van der Waals surface area contributed by atoms with Crippen LogP contribution in [0.2, 0.25) is 0 Å². The van der Waals surface area contributed by atoms with Gasteiger partial charge in [0.15, 0.2) is 0 Å². The van der Waals surface area contributed by atoms with Gasteiger partial charge in [-0.05, 0) is 31.7 Å². The van der Waals surface area contributed by atoms with Crippen LogP contribution in [0.3, 0.4) is 0 Å². The van der Waals surface area contributed by atoms with Crippen LogP contribution in [0.4, 0.5) is 0 Å². The Morgan fingerprint density at radius 1 is 1.50 bits per heavy atom. The molecule has 0 aromatic carbocycles. The standard InChI is InChI=1S/C13H23N3/c1-3-11(2)9-15-12-5-4-6-13(12)16-8-7-14-10-16/h7-8,10-13,15H,3-6,9H2,1-2H3/t11?,12-,13+/m0/s1. The second-order valence-electron chi connectivity index (χ2n) is 5.04. The van der Waals surface area contributed by atoms with E-state index in [-0.39, 0.29) is 0 Å². The molecule has 1 aliphatic rings. The van der Waals surface area contributed by atoms with E-state index in [1.807, 2.05) is 12.5 Å². The lowest BCUT2D eigenvalue weighted by Crippen LogP contribution is -2.36. The van der Waals surface area contributed by atoms with Crippen LogP contribution in [-0.4, -0.2) is 22.1 Å². The van der Waals surface area contributed by atoms with E-state index in [1.165, 1.54) is 25.7 Å². The van der Waals surface area contributed by atoms with Crippen molar-refractivity contribution in [2.75, 3.05) is 6.54 Å². The van der Waals surface area contributed by atoms with Crippen molar-refractivity contribution >= 4 is 0 Å². The topological polar surface area (TPSA) is 29.9 Å². The zero-order valence-electron chi connectivity index (χ0n) is 10.4. The molecule has 1 heterocycles. The van der Waals surface area contributed by atoms with Crippen molar-refractivity contribution in [1.29, 1.82) is 0 Å². The molecule has 1 saturated carbocycles. The van der Waals surface area contributed by atoms with Gasteiger partial charge in [0.1, 0.15) is 0 Å². The fourth-order valence-corrected chi connectivity index (χ4v) is 2.50. The third kappa shape index (κ3) is 2.64. The molecular weight excluding hydrogens is 198 g/mol. The minimum absolute atomic E-state index is 0.617. The molecule has 3 nitrogen and oxygen atoms in total. The lowest BCUT2D eigenvalue weighted by atomic mass is 10.1. The first-order chi connectivity index (χ1) is 7.81. The summed E-state index contributed by atoms with van der Waals surface area (Å²) in [6, 6.07) is 1.26. The quantitative estimate of drug-likeness (QED) is 0.828. The number of aromatic nitrogens is 2. The van der Waals surface area contributed by atoms with E-state index < -0.39 is 0 Å². The van der Waals surface area contributed by atoms with Crippen LogP contribution in [-0.2, 0) is 0 Å². The predicted octanol–water partition coefficient (Wildman–Crippen LogP) is 2.61. The van der Waals surface area contributed by atoms with Crippen LogP contribution in [0.15, 0.2) is 18.7 Å². The molecule has 0 bridgehead atoms. The van der Waals surface area contributed by atoms with Gasteiger partial charge in [0.05, 0.1) is 6.33 Å². The Labute approximate surface area is 98.3 Å². The highest BCUT2D eigenvalue weighted by molar-refractivity contribution is 4.91. The average molecular weight is 221 g/mol. The number of rotatable bonds is 5. The van der Waals surface area contributed by atoms with Gasteiger partial charge in [-0.3, -0.25) is 0 Å².